The molecule has 1 aromatic rings. The van der Waals surface area contributed by atoms with Crippen LogP contribution in [0.1, 0.15) is 19.4 Å². The van der Waals surface area contributed by atoms with Crippen molar-refractivity contribution in [2.75, 3.05) is 13.7 Å². The Morgan fingerprint density at radius 2 is 1.92 bits per heavy atom. The molecule has 0 aliphatic carbocycles. The fourth-order valence-electron chi connectivity index (χ4n) is 2.34. The highest BCUT2D eigenvalue weighted by molar-refractivity contribution is 6.08. The average Bonchev–Trinajstić information content (AvgIpc) is 2.57. The minimum Gasteiger partial charge on any atom is -0.464 e. The summed E-state index contributed by atoms with van der Waals surface area (Å²) in [6, 6.07) is 9.33. The highest BCUT2D eigenvalue weighted by Crippen LogP contribution is 2.25. The van der Waals surface area contributed by atoms with Crippen LogP contribution in [0.3, 0.4) is 0 Å². The van der Waals surface area contributed by atoms with E-state index in [9.17, 15) is 14.4 Å². The van der Waals surface area contributed by atoms with Crippen LogP contribution < -0.4 is 5.48 Å². The van der Waals surface area contributed by atoms with E-state index in [2.05, 4.69) is 10.2 Å². The molecule has 1 saturated heterocycles. The molecule has 1 N–H and O–H groups in total. The Morgan fingerprint density at radius 3 is 2.46 bits per heavy atom. The van der Waals surface area contributed by atoms with E-state index in [1.54, 1.807) is 13.8 Å². The molecule has 0 radical (unpaired) electrons. The van der Waals surface area contributed by atoms with Gasteiger partial charge in [0.25, 0.3) is 5.91 Å². The molecule has 1 heterocycles. The van der Waals surface area contributed by atoms with Crippen molar-refractivity contribution in [3.8, 4) is 0 Å². The van der Waals surface area contributed by atoms with Gasteiger partial charge in [0.2, 0.25) is 5.91 Å². The fraction of sp³-hybridized carbons (Fsp3) is 0.353. The highest BCUT2D eigenvalue weighted by Gasteiger charge is 2.45. The molecule has 1 unspecified atom stereocenters. The predicted octanol–water partition coefficient (Wildman–Crippen LogP) is 1.16. The molecule has 7 heteroatoms. The third-order valence-corrected chi connectivity index (χ3v) is 3.62. The van der Waals surface area contributed by atoms with E-state index in [1.165, 1.54) is 12.0 Å². The number of carbonyl (C=O) groups excluding carboxylic acids is 3. The molecule has 0 aromatic heterocycles. The lowest BCUT2D eigenvalue weighted by atomic mass is 9.96. The number of nitrogens with one attached hydrogen (secondary N) is 1. The van der Waals surface area contributed by atoms with Gasteiger partial charge in [-0.1, -0.05) is 30.3 Å². The van der Waals surface area contributed by atoms with E-state index in [1.807, 2.05) is 30.3 Å². The first-order valence-electron chi connectivity index (χ1n) is 7.48. The molecular formula is C17H20N2O5. The van der Waals surface area contributed by atoms with Gasteiger partial charge in [-0.2, -0.15) is 0 Å². The Balaban J connectivity index is 1.87. The van der Waals surface area contributed by atoms with Gasteiger partial charge in [0.05, 0.1) is 13.7 Å². The van der Waals surface area contributed by atoms with Gasteiger partial charge >= 0.3 is 5.97 Å². The van der Waals surface area contributed by atoms with Crippen LogP contribution in [0.25, 0.3) is 0 Å². The Kier molecular flexibility index (Phi) is 5.70. The summed E-state index contributed by atoms with van der Waals surface area (Å²) < 4.78 is 4.67. The van der Waals surface area contributed by atoms with Gasteiger partial charge in [0, 0.05) is 6.54 Å². The first kappa shape index (κ1) is 17.7. The molecule has 1 aliphatic rings. The summed E-state index contributed by atoms with van der Waals surface area (Å²) in [7, 11) is 1.25. The molecule has 1 aliphatic heterocycles. The number of likely N-dealkylation sites (tertiary alicyclic amines) is 1. The quantitative estimate of drug-likeness (QED) is 0.278. The van der Waals surface area contributed by atoms with Gasteiger partial charge in [0.1, 0.15) is 11.6 Å². The number of esters is 1. The summed E-state index contributed by atoms with van der Waals surface area (Å²) in [4.78, 5) is 42.3. The van der Waals surface area contributed by atoms with Crippen LogP contribution in [-0.4, -0.2) is 36.3 Å². The number of β-lactam (4-membered cyclic amide) rings is 1. The zero-order chi connectivity index (χ0) is 17.7. The van der Waals surface area contributed by atoms with E-state index in [4.69, 9.17) is 4.84 Å². The molecule has 1 atom stereocenters. The van der Waals surface area contributed by atoms with Crippen molar-refractivity contribution in [1.82, 2.24) is 10.4 Å². The predicted molar refractivity (Wildman–Crippen MR) is 85.0 cm³/mol. The van der Waals surface area contributed by atoms with Crippen molar-refractivity contribution in [2.45, 2.75) is 20.5 Å². The van der Waals surface area contributed by atoms with Crippen LogP contribution in [0.15, 0.2) is 41.6 Å². The summed E-state index contributed by atoms with van der Waals surface area (Å²) >= 11 is 0. The number of allylic oxidation sites excluding steroid dienone is 1. The van der Waals surface area contributed by atoms with E-state index >= 15 is 0 Å². The van der Waals surface area contributed by atoms with Crippen LogP contribution in [0.2, 0.25) is 0 Å². The Hall–Kier alpha value is -2.67. The first-order chi connectivity index (χ1) is 11.5. The van der Waals surface area contributed by atoms with Crippen molar-refractivity contribution < 1.29 is 24.0 Å². The lowest BCUT2D eigenvalue weighted by Gasteiger charge is -2.38. The Labute approximate surface area is 140 Å². The van der Waals surface area contributed by atoms with Crippen molar-refractivity contribution in [3.63, 3.8) is 0 Å². The summed E-state index contributed by atoms with van der Waals surface area (Å²) in [5.74, 6) is -2.43. The monoisotopic (exact) mass is 332 g/mol. The van der Waals surface area contributed by atoms with Crippen molar-refractivity contribution >= 4 is 17.8 Å². The number of methoxy groups -OCH3 is 1. The number of carbonyl (C=O) groups is 3. The minimum atomic E-state index is -0.861. The van der Waals surface area contributed by atoms with Crippen LogP contribution in [-0.2, 0) is 30.6 Å². The molecule has 128 valence electrons. The van der Waals surface area contributed by atoms with Gasteiger partial charge < -0.3 is 9.64 Å². The van der Waals surface area contributed by atoms with Gasteiger partial charge in [0.15, 0.2) is 0 Å². The number of hydrogen-bond acceptors (Lipinski definition) is 5. The maximum atomic E-state index is 12.2. The topological polar surface area (TPSA) is 84.9 Å². The molecule has 0 spiro atoms. The summed E-state index contributed by atoms with van der Waals surface area (Å²) in [5, 5.41) is 0. The summed E-state index contributed by atoms with van der Waals surface area (Å²) in [6.07, 6.45) is 0. The highest BCUT2D eigenvalue weighted by atomic mass is 16.6. The number of hydrogen-bond donors (Lipinski definition) is 1. The zero-order valence-electron chi connectivity index (χ0n) is 13.9. The van der Waals surface area contributed by atoms with E-state index in [0.29, 0.717) is 5.57 Å². The number of amides is 2. The fourth-order valence-corrected chi connectivity index (χ4v) is 2.34. The molecule has 0 saturated carbocycles. The second-order valence-corrected chi connectivity index (χ2v) is 5.58. The zero-order valence-corrected chi connectivity index (χ0v) is 13.9. The van der Waals surface area contributed by atoms with Crippen molar-refractivity contribution in [1.29, 1.82) is 0 Å². The molecule has 2 rings (SSSR count). The molecule has 1 fully saturated rings. The second kappa shape index (κ2) is 7.74. The average molecular weight is 332 g/mol. The third-order valence-electron chi connectivity index (χ3n) is 3.62. The molecule has 1 aromatic carbocycles. The van der Waals surface area contributed by atoms with E-state index in [0.717, 1.165) is 5.56 Å². The maximum absolute atomic E-state index is 12.2. The summed E-state index contributed by atoms with van der Waals surface area (Å²) in [6.45, 7) is 3.74. The lowest BCUT2D eigenvalue weighted by molar-refractivity contribution is -0.160. The standard InChI is InChI=1S/C17H20N2O5/c1-11(2)14(17(22)23-3)19-9-13(16(19)21)15(20)18-24-10-12-7-5-4-6-8-12/h4-8,13H,9-10H2,1-3H3,(H,18,20). The Morgan fingerprint density at radius 1 is 1.25 bits per heavy atom. The van der Waals surface area contributed by atoms with Crippen molar-refractivity contribution in [2.24, 2.45) is 5.92 Å². The molecule has 7 nitrogen and oxygen atoms in total. The van der Waals surface area contributed by atoms with Crippen LogP contribution in [0, 0.1) is 5.92 Å². The van der Waals surface area contributed by atoms with Gasteiger partial charge in [-0.05, 0) is 25.0 Å². The SMILES string of the molecule is COC(=O)C(=C(C)C)N1CC(C(=O)NOCc2ccccc2)C1=O. The number of rotatable bonds is 6. The molecule has 2 amide bonds. The van der Waals surface area contributed by atoms with E-state index < -0.39 is 23.7 Å². The number of benzene rings is 1. The first-order valence-corrected chi connectivity index (χ1v) is 7.48. The van der Waals surface area contributed by atoms with Gasteiger partial charge in [-0.25, -0.2) is 10.3 Å². The largest absolute Gasteiger partial charge is 0.464 e. The number of nitrogens with zero attached hydrogens (tertiary/aromatic N) is 1. The smallest absolute Gasteiger partial charge is 0.354 e. The normalized spacial score (nSPS) is 16.2. The van der Waals surface area contributed by atoms with Gasteiger partial charge in [-0.3, -0.25) is 14.4 Å². The number of ether oxygens (including phenoxy) is 1. The lowest BCUT2D eigenvalue weighted by Crippen LogP contribution is -2.58. The van der Waals surface area contributed by atoms with Crippen LogP contribution >= 0.6 is 0 Å². The summed E-state index contributed by atoms with van der Waals surface area (Å²) in [5.41, 5.74) is 4.00. The van der Waals surface area contributed by atoms with Gasteiger partial charge in [-0.15, -0.1) is 0 Å². The number of hydroxylamine groups is 1. The Bertz CT molecular complexity index is 665. The third kappa shape index (κ3) is 3.80. The maximum Gasteiger partial charge on any atom is 0.354 e. The minimum absolute atomic E-state index is 0.120. The van der Waals surface area contributed by atoms with E-state index in [-0.39, 0.29) is 18.8 Å². The molecule has 0 bridgehead atoms. The molecular weight excluding hydrogens is 312 g/mol. The second-order valence-electron chi connectivity index (χ2n) is 5.58. The van der Waals surface area contributed by atoms with Crippen molar-refractivity contribution in [3.05, 3.63) is 47.2 Å². The molecule has 24 heavy (non-hydrogen) atoms. The van der Waals surface area contributed by atoms with Crippen LogP contribution in [0.5, 0.6) is 0 Å². The van der Waals surface area contributed by atoms with Crippen LogP contribution in [0.4, 0.5) is 0 Å².